The lowest BCUT2D eigenvalue weighted by atomic mass is 10.1. The highest BCUT2D eigenvalue weighted by Crippen LogP contribution is 2.17. The van der Waals surface area contributed by atoms with Crippen molar-refractivity contribution in [1.82, 2.24) is 24.8 Å². The van der Waals surface area contributed by atoms with Gasteiger partial charge in [-0.3, -0.25) is 4.79 Å². The molecule has 2 heterocycles. The van der Waals surface area contributed by atoms with Crippen LogP contribution in [0.5, 0.6) is 0 Å². The zero-order chi connectivity index (χ0) is 22.6. The molecule has 3 aromatic rings. The molecule has 1 aliphatic rings. The van der Waals surface area contributed by atoms with Gasteiger partial charge >= 0.3 is 0 Å². The Hall–Kier alpha value is -3.08. The Bertz CT molecular complexity index is 1140. The van der Waals surface area contributed by atoms with Gasteiger partial charge in [0.2, 0.25) is 10.0 Å². The number of sulfonamides is 1. The van der Waals surface area contributed by atoms with Gasteiger partial charge < -0.3 is 10.1 Å². The topological polar surface area (TPSA) is 115 Å². The lowest BCUT2D eigenvalue weighted by Crippen LogP contribution is -2.32. The van der Waals surface area contributed by atoms with E-state index in [-0.39, 0.29) is 29.5 Å². The van der Waals surface area contributed by atoms with Crippen LogP contribution in [0, 0.1) is 0 Å². The van der Waals surface area contributed by atoms with Crippen molar-refractivity contribution in [2.24, 2.45) is 0 Å². The van der Waals surface area contributed by atoms with Crippen LogP contribution in [0.3, 0.4) is 0 Å². The minimum Gasteiger partial charge on any atom is -0.377 e. The molecule has 1 saturated heterocycles. The average molecular weight is 456 g/mol. The van der Waals surface area contributed by atoms with E-state index in [0.29, 0.717) is 12.2 Å². The monoisotopic (exact) mass is 455 g/mol. The highest BCUT2D eigenvalue weighted by Gasteiger charge is 2.21. The second-order valence-corrected chi connectivity index (χ2v) is 9.40. The lowest BCUT2D eigenvalue weighted by Gasteiger charge is -2.15. The molecule has 0 unspecified atom stereocenters. The normalized spacial score (nSPS) is 17.2. The van der Waals surface area contributed by atoms with Gasteiger partial charge in [0.15, 0.2) is 0 Å². The molecule has 2 atom stereocenters. The molecule has 0 aliphatic carbocycles. The summed E-state index contributed by atoms with van der Waals surface area (Å²) >= 11 is 0. The number of benzene rings is 2. The maximum Gasteiger partial charge on any atom is 0.251 e. The van der Waals surface area contributed by atoms with E-state index in [1.165, 1.54) is 30.6 Å². The van der Waals surface area contributed by atoms with Crippen molar-refractivity contribution in [1.29, 1.82) is 0 Å². The van der Waals surface area contributed by atoms with Gasteiger partial charge in [-0.05, 0) is 61.7 Å². The quantitative estimate of drug-likeness (QED) is 0.538. The summed E-state index contributed by atoms with van der Waals surface area (Å²) in [7, 11) is -3.65. The molecule has 0 radical (unpaired) electrons. The van der Waals surface area contributed by atoms with Crippen molar-refractivity contribution in [3.05, 3.63) is 72.3 Å². The largest absolute Gasteiger partial charge is 0.377 e. The Morgan fingerprint density at radius 1 is 1.19 bits per heavy atom. The molecule has 1 aromatic heterocycles. The van der Waals surface area contributed by atoms with Gasteiger partial charge in [-0.2, -0.15) is 5.10 Å². The maximum absolute atomic E-state index is 12.6. The van der Waals surface area contributed by atoms with Crippen LogP contribution < -0.4 is 10.0 Å². The van der Waals surface area contributed by atoms with Crippen LogP contribution in [0.4, 0.5) is 0 Å². The smallest absolute Gasteiger partial charge is 0.251 e. The molecule has 1 fully saturated rings. The zero-order valence-corrected chi connectivity index (χ0v) is 18.5. The van der Waals surface area contributed by atoms with Crippen molar-refractivity contribution in [2.75, 3.05) is 13.2 Å². The summed E-state index contributed by atoms with van der Waals surface area (Å²) in [6, 6.07) is 13.3. The van der Waals surface area contributed by atoms with Crippen LogP contribution in [0.15, 0.2) is 66.1 Å². The SMILES string of the molecule is C[C@H](NC(=O)c1ccc(S(=O)(=O)NC[C@@H]2CCCO2)cc1)c1ccc(-n2cncn2)cc1. The molecule has 0 spiro atoms. The average Bonchev–Trinajstić information content (AvgIpc) is 3.52. The third-order valence-electron chi connectivity index (χ3n) is 5.38. The van der Waals surface area contributed by atoms with Crippen molar-refractivity contribution < 1.29 is 17.9 Å². The number of amides is 1. The molecule has 2 aromatic carbocycles. The van der Waals surface area contributed by atoms with Gasteiger partial charge in [-0.1, -0.05) is 12.1 Å². The molecular formula is C22H25N5O4S. The number of carbonyl (C=O) groups is 1. The number of carbonyl (C=O) groups excluding carboxylic acids is 1. The van der Waals surface area contributed by atoms with Crippen LogP contribution >= 0.6 is 0 Å². The van der Waals surface area contributed by atoms with Gasteiger partial charge in [-0.25, -0.2) is 22.8 Å². The third kappa shape index (κ3) is 5.21. The van der Waals surface area contributed by atoms with E-state index in [2.05, 4.69) is 20.1 Å². The molecule has 9 nitrogen and oxygen atoms in total. The van der Waals surface area contributed by atoms with Gasteiger partial charge in [0, 0.05) is 18.7 Å². The van der Waals surface area contributed by atoms with Crippen LogP contribution in [-0.2, 0) is 14.8 Å². The molecule has 4 rings (SSSR count). The van der Waals surface area contributed by atoms with Crippen LogP contribution in [0.25, 0.3) is 5.69 Å². The van der Waals surface area contributed by atoms with E-state index >= 15 is 0 Å². The Morgan fingerprint density at radius 2 is 1.94 bits per heavy atom. The van der Waals surface area contributed by atoms with Gasteiger partial charge in [-0.15, -0.1) is 0 Å². The zero-order valence-electron chi connectivity index (χ0n) is 17.6. The van der Waals surface area contributed by atoms with Crippen molar-refractivity contribution >= 4 is 15.9 Å². The number of aromatic nitrogens is 3. The van der Waals surface area contributed by atoms with Crippen LogP contribution in [0.2, 0.25) is 0 Å². The fraction of sp³-hybridized carbons (Fsp3) is 0.318. The molecule has 168 valence electrons. The first kappa shape index (κ1) is 22.1. The second-order valence-electron chi connectivity index (χ2n) is 7.64. The van der Waals surface area contributed by atoms with Crippen molar-refractivity contribution in [3.8, 4) is 5.69 Å². The summed E-state index contributed by atoms with van der Waals surface area (Å²) < 4.78 is 34.6. The van der Waals surface area contributed by atoms with Crippen LogP contribution in [0.1, 0.15) is 41.7 Å². The summed E-state index contributed by atoms with van der Waals surface area (Å²) in [5, 5.41) is 7.02. The predicted octanol–water partition coefficient (Wildman–Crippen LogP) is 2.22. The Labute approximate surface area is 186 Å². The third-order valence-corrected chi connectivity index (χ3v) is 6.82. The summed E-state index contributed by atoms with van der Waals surface area (Å²) in [5.41, 5.74) is 2.18. The highest BCUT2D eigenvalue weighted by molar-refractivity contribution is 7.89. The van der Waals surface area contributed by atoms with E-state index in [9.17, 15) is 13.2 Å². The van der Waals surface area contributed by atoms with E-state index in [0.717, 1.165) is 24.1 Å². The summed E-state index contributed by atoms with van der Waals surface area (Å²) in [5.74, 6) is -0.283. The first-order valence-electron chi connectivity index (χ1n) is 10.4. The van der Waals surface area contributed by atoms with E-state index in [4.69, 9.17) is 4.74 Å². The van der Waals surface area contributed by atoms with Crippen molar-refractivity contribution in [2.45, 2.75) is 36.8 Å². The Kier molecular flexibility index (Phi) is 6.63. The highest BCUT2D eigenvalue weighted by atomic mass is 32.2. The molecule has 32 heavy (non-hydrogen) atoms. The summed E-state index contributed by atoms with van der Waals surface area (Å²) in [6.45, 7) is 2.80. The predicted molar refractivity (Wildman–Crippen MR) is 118 cm³/mol. The van der Waals surface area contributed by atoms with E-state index in [1.54, 1.807) is 11.0 Å². The first-order chi connectivity index (χ1) is 15.4. The number of nitrogens with one attached hydrogen (secondary N) is 2. The van der Waals surface area contributed by atoms with E-state index < -0.39 is 10.0 Å². The number of nitrogens with zero attached hydrogens (tertiary/aromatic N) is 3. The molecular weight excluding hydrogens is 430 g/mol. The lowest BCUT2D eigenvalue weighted by molar-refractivity contribution is 0.0939. The minimum atomic E-state index is -3.65. The molecule has 1 amide bonds. The van der Waals surface area contributed by atoms with Gasteiger partial charge in [0.1, 0.15) is 12.7 Å². The minimum absolute atomic E-state index is 0.0819. The standard InChI is InChI=1S/C22H25N5O4S/c1-16(17-4-8-19(9-5-17)27-15-23-14-24-27)26-22(28)18-6-10-21(11-7-18)32(29,30)25-13-20-3-2-12-31-20/h4-11,14-16,20,25H,2-3,12-13H2,1H3,(H,26,28)/t16-,20-/m0/s1. The second kappa shape index (κ2) is 9.60. The first-order valence-corrected chi connectivity index (χ1v) is 11.9. The molecule has 0 bridgehead atoms. The molecule has 1 aliphatic heterocycles. The number of ether oxygens (including phenoxy) is 1. The molecule has 10 heteroatoms. The summed E-state index contributed by atoms with van der Waals surface area (Å²) in [4.78, 5) is 16.7. The van der Waals surface area contributed by atoms with Gasteiger partial charge in [0.05, 0.1) is 22.7 Å². The fourth-order valence-corrected chi connectivity index (χ4v) is 4.56. The van der Waals surface area contributed by atoms with E-state index in [1.807, 2.05) is 31.2 Å². The number of rotatable bonds is 8. The fourth-order valence-electron chi connectivity index (χ4n) is 3.50. The molecule has 2 N–H and O–H groups in total. The summed E-state index contributed by atoms with van der Waals surface area (Å²) in [6.07, 6.45) is 4.79. The Balaban J connectivity index is 1.35. The number of hydrogen-bond donors (Lipinski definition) is 2. The van der Waals surface area contributed by atoms with Crippen LogP contribution in [-0.4, -0.2) is 48.3 Å². The molecule has 0 saturated carbocycles. The Morgan fingerprint density at radius 3 is 2.56 bits per heavy atom. The maximum atomic E-state index is 12.6. The number of hydrogen-bond acceptors (Lipinski definition) is 6. The van der Waals surface area contributed by atoms with Gasteiger partial charge in [0.25, 0.3) is 5.91 Å². The van der Waals surface area contributed by atoms with Crippen molar-refractivity contribution in [3.63, 3.8) is 0 Å².